The highest BCUT2D eigenvalue weighted by Gasteiger charge is 2.27. The molecule has 0 saturated heterocycles. The average Bonchev–Trinajstić information content (AvgIpc) is 3.18. The molecule has 0 fully saturated rings. The van der Waals surface area contributed by atoms with Gasteiger partial charge < -0.3 is 14.2 Å². The number of nitro benzene ring substituents is 1. The van der Waals surface area contributed by atoms with Crippen molar-refractivity contribution < 1.29 is 23.9 Å². The Morgan fingerprint density at radius 1 is 1.17 bits per heavy atom. The molecule has 0 atom stereocenters. The summed E-state index contributed by atoms with van der Waals surface area (Å²) in [4.78, 5) is 27.3. The molecule has 0 aromatic heterocycles. The molecule has 0 bridgehead atoms. The van der Waals surface area contributed by atoms with Crippen LogP contribution in [-0.2, 0) is 16.1 Å². The molecule has 0 aliphatic carbocycles. The van der Waals surface area contributed by atoms with E-state index in [0.717, 1.165) is 11.1 Å². The largest absolute Gasteiger partial charge is 0.490 e. The topological polar surface area (TPSA) is 100 Å². The van der Waals surface area contributed by atoms with E-state index in [0.29, 0.717) is 34.7 Å². The van der Waals surface area contributed by atoms with Gasteiger partial charge in [0.2, 0.25) is 5.90 Å². The van der Waals surface area contributed by atoms with E-state index in [1.807, 2.05) is 38.1 Å². The van der Waals surface area contributed by atoms with Crippen molar-refractivity contribution in [2.45, 2.75) is 20.5 Å². The van der Waals surface area contributed by atoms with E-state index in [2.05, 4.69) is 20.9 Å². The number of non-ortho nitro benzene ring substituents is 1. The number of aryl methyl sites for hydroxylation is 1. The fraction of sp³-hybridized carbons (Fsp3) is 0.154. The van der Waals surface area contributed by atoms with Crippen LogP contribution in [0.25, 0.3) is 6.08 Å². The first-order valence-electron chi connectivity index (χ1n) is 10.9. The highest BCUT2D eigenvalue weighted by atomic mass is 79.9. The Balaban J connectivity index is 1.64. The van der Waals surface area contributed by atoms with Crippen LogP contribution in [0.4, 0.5) is 5.69 Å². The van der Waals surface area contributed by atoms with Crippen LogP contribution in [0.3, 0.4) is 0 Å². The van der Waals surface area contributed by atoms with Gasteiger partial charge in [0.15, 0.2) is 17.2 Å². The van der Waals surface area contributed by atoms with Gasteiger partial charge in [-0.25, -0.2) is 9.79 Å². The molecule has 0 N–H and O–H groups in total. The quantitative estimate of drug-likeness (QED) is 0.130. The number of carbonyl (C=O) groups excluding carboxylic acids is 1. The Hall–Kier alpha value is -3.69. The maximum Gasteiger partial charge on any atom is 0.363 e. The van der Waals surface area contributed by atoms with Crippen LogP contribution in [0.2, 0.25) is 5.02 Å². The zero-order valence-corrected chi connectivity index (χ0v) is 21.6. The monoisotopic (exact) mass is 570 g/mol. The predicted octanol–water partition coefficient (Wildman–Crippen LogP) is 6.64. The normalized spacial score (nSPS) is 13.9. The zero-order valence-electron chi connectivity index (χ0n) is 19.3. The van der Waals surface area contributed by atoms with Crippen molar-refractivity contribution in [1.29, 1.82) is 0 Å². The molecule has 3 aromatic rings. The molecule has 0 amide bonds. The zero-order chi connectivity index (χ0) is 25.8. The summed E-state index contributed by atoms with van der Waals surface area (Å²) in [6, 6.07) is 15.3. The Labute approximate surface area is 220 Å². The fourth-order valence-corrected chi connectivity index (χ4v) is 4.28. The minimum absolute atomic E-state index is 0.00958. The summed E-state index contributed by atoms with van der Waals surface area (Å²) in [5.41, 5.74) is 2.73. The number of benzene rings is 3. The van der Waals surface area contributed by atoms with E-state index in [1.165, 1.54) is 24.3 Å². The van der Waals surface area contributed by atoms with Crippen molar-refractivity contribution in [2.24, 2.45) is 4.99 Å². The Kier molecular flexibility index (Phi) is 7.71. The lowest BCUT2D eigenvalue weighted by atomic mass is 10.1. The van der Waals surface area contributed by atoms with Gasteiger partial charge in [0, 0.05) is 12.1 Å². The van der Waals surface area contributed by atoms with E-state index in [9.17, 15) is 14.9 Å². The van der Waals surface area contributed by atoms with E-state index in [-0.39, 0.29) is 27.9 Å². The molecule has 184 valence electrons. The molecule has 1 heterocycles. The smallest absolute Gasteiger partial charge is 0.363 e. The SMILES string of the molecule is CCOc1cc(/C=C2\N=C(c3cc([N+](=O)[O-])ccc3Cl)OC2=O)cc(Br)c1OCc1cccc(C)c1. The van der Waals surface area contributed by atoms with Gasteiger partial charge in [-0.2, -0.15) is 0 Å². The molecule has 0 saturated carbocycles. The summed E-state index contributed by atoms with van der Waals surface area (Å²) in [7, 11) is 0. The summed E-state index contributed by atoms with van der Waals surface area (Å²) in [6.45, 7) is 4.63. The molecule has 4 rings (SSSR count). The number of hydrogen-bond donors (Lipinski definition) is 0. The van der Waals surface area contributed by atoms with Crippen molar-refractivity contribution in [1.82, 2.24) is 0 Å². The van der Waals surface area contributed by atoms with Crippen molar-refractivity contribution in [2.75, 3.05) is 6.61 Å². The molecule has 3 aromatic carbocycles. The van der Waals surface area contributed by atoms with Crippen LogP contribution in [0.5, 0.6) is 11.5 Å². The van der Waals surface area contributed by atoms with E-state index in [4.69, 9.17) is 25.8 Å². The van der Waals surface area contributed by atoms with Gasteiger partial charge in [-0.3, -0.25) is 10.1 Å². The number of esters is 1. The second-order valence-electron chi connectivity index (χ2n) is 7.80. The Morgan fingerprint density at radius 2 is 1.97 bits per heavy atom. The van der Waals surface area contributed by atoms with Crippen LogP contribution in [-0.4, -0.2) is 23.4 Å². The molecule has 1 aliphatic rings. The summed E-state index contributed by atoms with van der Waals surface area (Å²) in [6.07, 6.45) is 1.53. The predicted molar refractivity (Wildman–Crippen MR) is 140 cm³/mol. The standard InChI is InChI=1S/C26H20BrClN2O6/c1-3-34-23-12-17(10-20(27)24(23)35-14-16-6-4-5-15(2)9-16)11-22-26(31)36-25(29-22)19-13-18(30(32)33)7-8-21(19)28/h4-13H,3,14H2,1-2H3/b22-11-. The molecule has 36 heavy (non-hydrogen) atoms. The van der Waals surface area contributed by atoms with Gasteiger partial charge in [0.1, 0.15) is 6.61 Å². The van der Waals surface area contributed by atoms with Gasteiger partial charge in [-0.1, -0.05) is 41.4 Å². The van der Waals surface area contributed by atoms with Crippen molar-refractivity contribution in [3.8, 4) is 11.5 Å². The number of halogens is 2. The lowest BCUT2D eigenvalue weighted by molar-refractivity contribution is -0.384. The molecule has 0 spiro atoms. The van der Waals surface area contributed by atoms with Crippen LogP contribution < -0.4 is 9.47 Å². The molecule has 0 radical (unpaired) electrons. The molecule has 1 aliphatic heterocycles. The van der Waals surface area contributed by atoms with E-state index in [1.54, 1.807) is 12.1 Å². The maximum atomic E-state index is 12.5. The van der Waals surface area contributed by atoms with Gasteiger partial charge in [-0.15, -0.1) is 0 Å². The number of nitrogens with zero attached hydrogens (tertiary/aromatic N) is 2. The molecule has 8 nitrogen and oxygen atoms in total. The lowest BCUT2D eigenvalue weighted by Crippen LogP contribution is -2.06. The van der Waals surface area contributed by atoms with Crippen molar-refractivity contribution >= 4 is 51.2 Å². The van der Waals surface area contributed by atoms with Crippen LogP contribution >= 0.6 is 27.5 Å². The summed E-state index contributed by atoms with van der Waals surface area (Å²) < 4.78 is 17.7. The number of ether oxygens (including phenoxy) is 3. The van der Waals surface area contributed by atoms with Gasteiger partial charge in [0.05, 0.1) is 26.6 Å². The van der Waals surface area contributed by atoms with Crippen LogP contribution in [0.15, 0.2) is 69.8 Å². The number of aliphatic imine (C=N–C) groups is 1. The molecular formula is C26H20BrClN2O6. The number of carbonyl (C=O) groups is 1. The lowest BCUT2D eigenvalue weighted by Gasteiger charge is -2.15. The van der Waals surface area contributed by atoms with Crippen LogP contribution in [0, 0.1) is 17.0 Å². The second kappa shape index (κ2) is 10.9. The molecular weight excluding hydrogens is 552 g/mol. The molecule has 10 heteroatoms. The van der Waals surface area contributed by atoms with Gasteiger partial charge >= 0.3 is 5.97 Å². The minimum Gasteiger partial charge on any atom is -0.490 e. The Bertz CT molecular complexity index is 1420. The second-order valence-corrected chi connectivity index (χ2v) is 9.06. The first-order chi connectivity index (χ1) is 17.2. The number of rotatable bonds is 8. The first-order valence-corrected chi connectivity index (χ1v) is 12.0. The van der Waals surface area contributed by atoms with Gasteiger partial charge in [-0.05, 0) is 65.2 Å². The highest BCUT2D eigenvalue weighted by Crippen LogP contribution is 2.38. The van der Waals surface area contributed by atoms with Crippen molar-refractivity contribution in [3.05, 3.63) is 102 Å². The third-order valence-corrected chi connectivity index (χ3v) is 6.03. The minimum atomic E-state index is -0.707. The van der Waals surface area contributed by atoms with Gasteiger partial charge in [0.25, 0.3) is 5.69 Å². The first kappa shape index (κ1) is 25.4. The summed E-state index contributed by atoms with van der Waals surface area (Å²) >= 11 is 9.69. The average molecular weight is 572 g/mol. The Morgan fingerprint density at radius 3 is 2.69 bits per heavy atom. The highest BCUT2D eigenvalue weighted by molar-refractivity contribution is 9.10. The number of hydrogen-bond acceptors (Lipinski definition) is 7. The molecule has 0 unspecified atom stereocenters. The fourth-order valence-electron chi connectivity index (χ4n) is 3.50. The summed E-state index contributed by atoms with van der Waals surface area (Å²) in [5.74, 6) is 0.203. The number of cyclic esters (lactones) is 1. The third kappa shape index (κ3) is 5.75. The van der Waals surface area contributed by atoms with Crippen LogP contribution in [0.1, 0.15) is 29.2 Å². The van der Waals surface area contributed by atoms with E-state index >= 15 is 0 Å². The van der Waals surface area contributed by atoms with Crippen molar-refractivity contribution in [3.63, 3.8) is 0 Å². The maximum absolute atomic E-state index is 12.5. The summed E-state index contributed by atoms with van der Waals surface area (Å²) in [5, 5.41) is 11.3. The number of nitro groups is 1. The van der Waals surface area contributed by atoms with E-state index < -0.39 is 10.9 Å². The third-order valence-electron chi connectivity index (χ3n) is 5.11.